The molecular weight excluding hydrogens is 317 g/mol. The van der Waals surface area contributed by atoms with Crippen molar-refractivity contribution < 1.29 is 17.5 Å². The van der Waals surface area contributed by atoms with Crippen molar-refractivity contribution in [2.45, 2.75) is 10.6 Å². The normalized spacial score (nSPS) is 11.4. The molecular formula is C14H13ClFNO3S. The number of hydrogen-bond acceptors (Lipinski definition) is 4. The maximum atomic E-state index is 13.0. The van der Waals surface area contributed by atoms with Gasteiger partial charge in [0.05, 0.1) is 23.4 Å². The van der Waals surface area contributed by atoms with Crippen LogP contribution in [0.15, 0.2) is 41.3 Å². The van der Waals surface area contributed by atoms with Crippen molar-refractivity contribution >= 4 is 27.1 Å². The predicted molar refractivity (Wildman–Crippen MR) is 79.7 cm³/mol. The Balaban J connectivity index is 2.44. The SMILES string of the molecule is COc1ccc(Cl)cc1CS(=O)(=O)c1ccc(F)cc1N. The Labute approximate surface area is 127 Å². The summed E-state index contributed by atoms with van der Waals surface area (Å²) >= 11 is 5.88. The Hall–Kier alpha value is -1.79. The fourth-order valence-electron chi connectivity index (χ4n) is 1.94. The average Bonchev–Trinajstić information content (AvgIpc) is 2.37. The molecule has 112 valence electrons. The van der Waals surface area contributed by atoms with E-state index in [4.69, 9.17) is 22.1 Å². The number of benzene rings is 2. The molecule has 0 amide bonds. The number of ether oxygens (including phenoxy) is 1. The maximum Gasteiger partial charge on any atom is 0.184 e. The minimum Gasteiger partial charge on any atom is -0.496 e. The van der Waals surface area contributed by atoms with E-state index in [1.54, 1.807) is 12.1 Å². The van der Waals surface area contributed by atoms with E-state index in [0.29, 0.717) is 16.3 Å². The smallest absolute Gasteiger partial charge is 0.184 e. The van der Waals surface area contributed by atoms with Gasteiger partial charge in [-0.15, -0.1) is 0 Å². The molecule has 0 bridgehead atoms. The molecule has 0 unspecified atom stereocenters. The number of nitrogens with two attached hydrogens (primary N) is 1. The number of sulfone groups is 1. The number of methoxy groups -OCH3 is 1. The van der Waals surface area contributed by atoms with Gasteiger partial charge in [0, 0.05) is 10.6 Å². The third-order valence-electron chi connectivity index (χ3n) is 2.89. The zero-order valence-electron chi connectivity index (χ0n) is 11.1. The second kappa shape index (κ2) is 5.91. The Bertz CT molecular complexity index is 778. The van der Waals surface area contributed by atoms with Gasteiger partial charge in [-0.3, -0.25) is 0 Å². The first-order chi connectivity index (χ1) is 9.83. The lowest BCUT2D eigenvalue weighted by Gasteiger charge is -2.11. The van der Waals surface area contributed by atoms with E-state index in [2.05, 4.69) is 0 Å². The number of anilines is 1. The largest absolute Gasteiger partial charge is 0.496 e. The van der Waals surface area contributed by atoms with Crippen molar-refractivity contribution in [2.75, 3.05) is 12.8 Å². The average molecular weight is 330 g/mol. The van der Waals surface area contributed by atoms with E-state index < -0.39 is 15.7 Å². The van der Waals surface area contributed by atoms with Crippen LogP contribution in [0.5, 0.6) is 5.75 Å². The van der Waals surface area contributed by atoms with Crippen LogP contribution in [-0.2, 0) is 15.6 Å². The number of halogens is 2. The summed E-state index contributed by atoms with van der Waals surface area (Å²) in [6.07, 6.45) is 0. The van der Waals surface area contributed by atoms with E-state index in [0.717, 1.165) is 18.2 Å². The summed E-state index contributed by atoms with van der Waals surface area (Å²) < 4.78 is 43.0. The van der Waals surface area contributed by atoms with Crippen molar-refractivity contribution in [3.63, 3.8) is 0 Å². The first kappa shape index (κ1) is 15.6. The van der Waals surface area contributed by atoms with Gasteiger partial charge < -0.3 is 10.5 Å². The highest BCUT2D eigenvalue weighted by molar-refractivity contribution is 7.90. The Morgan fingerprint density at radius 1 is 1.24 bits per heavy atom. The lowest BCUT2D eigenvalue weighted by atomic mass is 10.2. The van der Waals surface area contributed by atoms with Gasteiger partial charge in [0.25, 0.3) is 0 Å². The molecule has 2 aromatic carbocycles. The molecule has 0 atom stereocenters. The number of nitrogen functional groups attached to an aromatic ring is 1. The molecule has 0 heterocycles. The van der Waals surface area contributed by atoms with Crippen LogP contribution in [0.25, 0.3) is 0 Å². The molecule has 0 radical (unpaired) electrons. The Morgan fingerprint density at radius 3 is 2.57 bits per heavy atom. The van der Waals surface area contributed by atoms with Crippen LogP contribution in [0.4, 0.5) is 10.1 Å². The summed E-state index contributed by atoms with van der Waals surface area (Å²) in [5.41, 5.74) is 5.87. The summed E-state index contributed by atoms with van der Waals surface area (Å²) in [7, 11) is -2.30. The highest BCUT2D eigenvalue weighted by Gasteiger charge is 2.21. The molecule has 0 aliphatic heterocycles. The van der Waals surface area contributed by atoms with Gasteiger partial charge in [0.15, 0.2) is 9.84 Å². The summed E-state index contributed by atoms with van der Waals surface area (Å²) in [6, 6.07) is 7.87. The zero-order chi connectivity index (χ0) is 15.6. The lowest BCUT2D eigenvalue weighted by molar-refractivity contribution is 0.411. The van der Waals surface area contributed by atoms with E-state index in [1.165, 1.54) is 13.2 Å². The summed E-state index contributed by atoms with van der Waals surface area (Å²) in [4.78, 5) is -0.120. The first-order valence-corrected chi connectivity index (χ1v) is 7.96. The molecule has 2 N–H and O–H groups in total. The van der Waals surface area contributed by atoms with Crippen LogP contribution >= 0.6 is 11.6 Å². The quantitative estimate of drug-likeness (QED) is 0.691. The van der Waals surface area contributed by atoms with Gasteiger partial charge in [-0.2, -0.15) is 0 Å². The second-order valence-electron chi connectivity index (χ2n) is 4.40. The van der Waals surface area contributed by atoms with Crippen molar-refractivity contribution in [3.8, 4) is 5.75 Å². The molecule has 0 spiro atoms. The zero-order valence-corrected chi connectivity index (χ0v) is 12.7. The fraction of sp³-hybridized carbons (Fsp3) is 0.143. The van der Waals surface area contributed by atoms with Crippen molar-refractivity contribution in [1.82, 2.24) is 0 Å². The maximum absolute atomic E-state index is 13.0. The van der Waals surface area contributed by atoms with E-state index in [-0.39, 0.29) is 16.3 Å². The van der Waals surface area contributed by atoms with Gasteiger partial charge in [0.2, 0.25) is 0 Å². The standard InChI is InChI=1S/C14H13ClFNO3S/c1-20-13-4-2-10(15)6-9(13)8-21(18,19)14-5-3-11(16)7-12(14)17/h2-7H,8,17H2,1H3. The topological polar surface area (TPSA) is 69.4 Å². The number of rotatable bonds is 4. The number of hydrogen-bond donors (Lipinski definition) is 1. The van der Waals surface area contributed by atoms with Gasteiger partial charge in [-0.1, -0.05) is 11.6 Å². The molecule has 0 saturated carbocycles. The lowest BCUT2D eigenvalue weighted by Crippen LogP contribution is -2.09. The van der Waals surface area contributed by atoms with Crippen LogP contribution in [0.1, 0.15) is 5.56 Å². The van der Waals surface area contributed by atoms with Crippen LogP contribution in [0.3, 0.4) is 0 Å². The van der Waals surface area contributed by atoms with Crippen LogP contribution in [-0.4, -0.2) is 15.5 Å². The molecule has 0 fully saturated rings. The fourth-order valence-corrected chi connectivity index (χ4v) is 3.62. The highest BCUT2D eigenvalue weighted by atomic mass is 35.5. The minimum atomic E-state index is -3.74. The third-order valence-corrected chi connectivity index (χ3v) is 4.86. The molecule has 0 aromatic heterocycles. The van der Waals surface area contributed by atoms with Crippen molar-refractivity contribution in [3.05, 3.63) is 52.8 Å². The molecule has 7 heteroatoms. The molecule has 0 aliphatic carbocycles. The summed E-state index contributed by atoms with van der Waals surface area (Å²) in [5.74, 6) is -0.525. The summed E-state index contributed by atoms with van der Waals surface area (Å²) in [6.45, 7) is 0. The predicted octanol–water partition coefficient (Wildman–Crippen LogP) is 3.04. The van der Waals surface area contributed by atoms with Crippen LogP contribution < -0.4 is 10.5 Å². The van der Waals surface area contributed by atoms with Gasteiger partial charge in [0.1, 0.15) is 11.6 Å². The Kier molecular flexibility index (Phi) is 4.39. The van der Waals surface area contributed by atoms with E-state index in [9.17, 15) is 12.8 Å². The monoisotopic (exact) mass is 329 g/mol. The molecule has 21 heavy (non-hydrogen) atoms. The van der Waals surface area contributed by atoms with E-state index in [1.807, 2.05) is 0 Å². The minimum absolute atomic E-state index is 0.120. The molecule has 2 aromatic rings. The van der Waals surface area contributed by atoms with Crippen molar-refractivity contribution in [1.29, 1.82) is 0 Å². The molecule has 0 aliphatic rings. The van der Waals surface area contributed by atoms with E-state index >= 15 is 0 Å². The Morgan fingerprint density at radius 2 is 1.95 bits per heavy atom. The first-order valence-electron chi connectivity index (χ1n) is 5.93. The van der Waals surface area contributed by atoms with Gasteiger partial charge in [-0.05, 0) is 36.4 Å². The molecule has 2 rings (SSSR count). The third kappa shape index (κ3) is 3.46. The van der Waals surface area contributed by atoms with Gasteiger partial charge >= 0.3 is 0 Å². The molecule has 0 saturated heterocycles. The van der Waals surface area contributed by atoms with Gasteiger partial charge in [-0.25, -0.2) is 12.8 Å². The second-order valence-corrected chi connectivity index (χ2v) is 6.79. The molecule has 4 nitrogen and oxygen atoms in total. The highest BCUT2D eigenvalue weighted by Crippen LogP contribution is 2.29. The van der Waals surface area contributed by atoms with Crippen LogP contribution in [0.2, 0.25) is 5.02 Å². The van der Waals surface area contributed by atoms with Crippen LogP contribution in [0, 0.1) is 5.82 Å². The summed E-state index contributed by atoms with van der Waals surface area (Å²) in [5, 5.41) is 0.396. The van der Waals surface area contributed by atoms with Crippen molar-refractivity contribution in [2.24, 2.45) is 0 Å².